The topological polar surface area (TPSA) is 59.8 Å². The van der Waals surface area contributed by atoms with Gasteiger partial charge in [-0.25, -0.2) is 0 Å². The maximum atomic E-state index is 12.9. The van der Waals surface area contributed by atoms with E-state index in [2.05, 4.69) is 26.3 Å². The number of aromatic nitrogens is 3. The summed E-state index contributed by atoms with van der Waals surface area (Å²) in [6.45, 7) is 0.772. The lowest BCUT2D eigenvalue weighted by molar-refractivity contribution is -0.138. The molecule has 0 radical (unpaired) electrons. The molecule has 5 saturated carbocycles. The van der Waals surface area contributed by atoms with E-state index < -0.39 is 0 Å². The first-order valence-corrected chi connectivity index (χ1v) is 12.7. The molecule has 6 rings (SSSR count). The predicted octanol–water partition coefficient (Wildman–Crippen LogP) is 4.24. The standard InChI is InChI=1S/C22H34N4OS/c1-28-22-25-24-19(26(22)18-5-2-3-6-18)7-4-8-23-21(27)20-16-10-14-9-15(12-16)13-17(20)11-14/h14-18,20H,2-13H2,1H3,(H,23,27). The molecule has 154 valence electrons. The van der Waals surface area contributed by atoms with E-state index in [4.69, 9.17) is 0 Å². The molecule has 1 heterocycles. The summed E-state index contributed by atoms with van der Waals surface area (Å²) in [6, 6.07) is 0.579. The Hall–Kier alpha value is -1.04. The highest BCUT2D eigenvalue weighted by molar-refractivity contribution is 7.98. The molecule has 0 unspecified atom stereocenters. The minimum absolute atomic E-state index is 0.304. The van der Waals surface area contributed by atoms with Crippen molar-refractivity contribution >= 4 is 17.7 Å². The van der Waals surface area contributed by atoms with Gasteiger partial charge in [0.05, 0.1) is 0 Å². The third kappa shape index (κ3) is 3.50. The second-order valence-corrected chi connectivity index (χ2v) is 10.5. The van der Waals surface area contributed by atoms with Crippen LogP contribution in [-0.4, -0.2) is 33.5 Å². The Labute approximate surface area is 172 Å². The highest BCUT2D eigenvalue weighted by atomic mass is 32.2. The maximum absolute atomic E-state index is 12.9. The molecule has 5 fully saturated rings. The number of amides is 1. The monoisotopic (exact) mass is 402 g/mol. The molecule has 0 aliphatic heterocycles. The number of hydrogen-bond acceptors (Lipinski definition) is 4. The molecule has 1 aromatic rings. The molecule has 0 aromatic carbocycles. The van der Waals surface area contributed by atoms with Crippen LogP contribution in [0.4, 0.5) is 0 Å². The average Bonchev–Trinajstić information content (AvgIpc) is 3.33. The molecule has 0 atom stereocenters. The van der Waals surface area contributed by atoms with Crippen molar-refractivity contribution in [3.05, 3.63) is 5.82 Å². The molecule has 5 nitrogen and oxygen atoms in total. The van der Waals surface area contributed by atoms with Crippen molar-refractivity contribution in [1.29, 1.82) is 0 Å². The largest absolute Gasteiger partial charge is 0.356 e. The quantitative estimate of drug-likeness (QED) is 0.547. The van der Waals surface area contributed by atoms with Gasteiger partial charge in [0, 0.05) is 24.9 Å². The van der Waals surface area contributed by atoms with Crippen LogP contribution in [0, 0.1) is 29.6 Å². The summed E-state index contributed by atoms with van der Waals surface area (Å²) >= 11 is 1.70. The molecule has 1 N–H and O–H groups in total. The van der Waals surface area contributed by atoms with Crippen LogP contribution < -0.4 is 5.32 Å². The normalized spacial score (nSPS) is 34.2. The van der Waals surface area contributed by atoms with Crippen molar-refractivity contribution < 1.29 is 4.79 Å². The Bertz CT molecular complexity index is 683. The Morgan fingerprint density at radius 1 is 1.07 bits per heavy atom. The average molecular weight is 403 g/mol. The Kier molecular flexibility index (Phi) is 5.42. The lowest BCUT2D eigenvalue weighted by Gasteiger charge is -2.53. The van der Waals surface area contributed by atoms with E-state index >= 15 is 0 Å². The van der Waals surface area contributed by atoms with Gasteiger partial charge in [-0.3, -0.25) is 4.79 Å². The van der Waals surface area contributed by atoms with Gasteiger partial charge < -0.3 is 9.88 Å². The predicted molar refractivity (Wildman–Crippen MR) is 111 cm³/mol. The van der Waals surface area contributed by atoms with Gasteiger partial charge in [-0.1, -0.05) is 24.6 Å². The lowest BCUT2D eigenvalue weighted by Crippen LogP contribution is -2.51. The minimum Gasteiger partial charge on any atom is -0.356 e. The fourth-order valence-corrected chi connectivity index (χ4v) is 7.65. The summed E-state index contributed by atoms with van der Waals surface area (Å²) in [5, 5.41) is 13.2. The number of carbonyl (C=O) groups excluding carboxylic acids is 1. The van der Waals surface area contributed by atoms with Crippen LogP contribution in [0.5, 0.6) is 0 Å². The zero-order chi connectivity index (χ0) is 19.1. The van der Waals surface area contributed by atoms with Crippen LogP contribution in [0.1, 0.15) is 76.1 Å². The van der Waals surface area contributed by atoms with E-state index in [9.17, 15) is 4.79 Å². The molecule has 1 aromatic heterocycles. The van der Waals surface area contributed by atoms with Gasteiger partial charge in [-0.2, -0.15) is 0 Å². The zero-order valence-electron chi connectivity index (χ0n) is 17.1. The number of hydrogen-bond donors (Lipinski definition) is 1. The van der Waals surface area contributed by atoms with E-state index in [0.29, 0.717) is 29.7 Å². The summed E-state index contributed by atoms with van der Waals surface area (Å²) < 4.78 is 2.39. The smallest absolute Gasteiger partial charge is 0.223 e. The summed E-state index contributed by atoms with van der Waals surface area (Å²) in [5.41, 5.74) is 0. The molecule has 0 saturated heterocycles. The van der Waals surface area contributed by atoms with Gasteiger partial charge >= 0.3 is 0 Å². The van der Waals surface area contributed by atoms with Crippen LogP contribution in [0.2, 0.25) is 0 Å². The second-order valence-electron chi connectivity index (χ2n) is 9.76. The van der Waals surface area contributed by atoms with Crippen molar-refractivity contribution in [3.8, 4) is 0 Å². The van der Waals surface area contributed by atoms with Gasteiger partial charge in [0.1, 0.15) is 5.82 Å². The number of nitrogens with zero attached hydrogens (tertiary/aromatic N) is 3. The number of carbonyl (C=O) groups is 1. The van der Waals surface area contributed by atoms with Crippen molar-refractivity contribution in [2.45, 2.75) is 81.8 Å². The first-order chi connectivity index (χ1) is 13.7. The lowest BCUT2D eigenvalue weighted by atomic mass is 9.51. The summed E-state index contributed by atoms with van der Waals surface area (Å²) in [6.07, 6.45) is 15.8. The highest BCUT2D eigenvalue weighted by Gasteiger charge is 2.50. The Morgan fingerprint density at radius 3 is 2.39 bits per heavy atom. The van der Waals surface area contributed by atoms with Crippen molar-refractivity contribution in [2.75, 3.05) is 12.8 Å². The molecule has 6 heteroatoms. The molecular weight excluding hydrogens is 368 g/mol. The summed E-state index contributed by atoms with van der Waals surface area (Å²) in [4.78, 5) is 12.9. The SMILES string of the molecule is CSc1nnc(CCCNC(=O)C2C3CC4CC(C3)CC2C4)n1C1CCCC1. The third-order valence-electron chi connectivity index (χ3n) is 8.01. The van der Waals surface area contributed by atoms with Gasteiger partial charge in [-0.05, 0) is 81.3 Å². The van der Waals surface area contributed by atoms with E-state index in [-0.39, 0.29) is 0 Å². The molecule has 0 spiro atoms. The van der Waals surface area contributed by atoms with Crippen LogP contribution in [-0.2, 0) is 11.2 Å². The number of aryl methyl sites for hydroxylation is 1. The Balaban J connectivity index is 1.14. The summed E-state index contributed by atoms with van der Waals surface area (Å²) in [7, 11) is 0. The van der Waals surface area contributed by atoms with E-state index in [1.54, 1.807) is 11.8 Å². The van der Waals surface area contributed by atoms with E-state index in [0.717, 1.165) is 42.2 Å². The highest BCUT2D eigenvalue weighted by Crippen LogP contribution is 2.56. The van der Waals surface area contributed by atoms with Crippen LogP contribution in [0.3, 0.4) is 0 Å². The molecule has 4 bridgehead atoms. The number of rotatable bonds is 7. The number of nitrogens with one attached hydrogen (secondary N) is 1. The zero-order valence-corrected chi connectivity index (χ0v) is 17.9. The maximum Gasteiger partial charge on any atom is 0.223 e. The van der Waals surface area contributed by atoms with Crippen molar-refractivity contribution in [1.82, 2.24) is 20.1 Å². The van der Waals surface area contributed by atoms with Crippen LogP contribution >= 0.6 is 11.8 Å². The first-order valence-electron chi connectivity index (χ1n) is 11.5. The minimum atomic E-state index is 0.304. The fourth-order valence-electron chi connectivity index (χ4n) is 7.08. The summed E-state index contributed by atoms with van der Waals surface area (Å²) in [5.74, 6) is 4.96. The van der Waals surface area contributed by atoms with Crippen molar-refractivity contribution in [2.24, 2.45) is 29.6 Å². The molecular formula is C22H34N4OS. The van der Waals surface area contributed by atoms with Gasteiger partial charge in [-0.15, -0.1) is 10.2 Å². The molecule has 5 aliphatic carbocycles. The van der Waals surface area contributed by atoms with E-state index in [1.807, 2.05) is 0 Å². The molecule has 28 heavy (non-hydrogen) atoms. The van der Waals surface area contributed by atoms with E-state index in [1.165, 1.54) is 57.8 Å². The van der Waals surface area contributed by atoms with Crippen molar-refractivity contribution in [3.63, 3.8) is 0 Å². The molecule has 5 aliphatic rings. The van der Waals surface area contributed by atoms with Crippen LogP contribution in [0.25, 0.3) is 0 Å². The first kappa shape index (κ1) is 19.0. The number of thioether (sulfide) groups is 1. The van der Waals surface area contributed by atoms with Crippen LogP contribution in [0.15, 0.2) is 5.16 Å². The fraction of sp³-hybridized carbons (Fsp3) is 0.864. The van der Waals surface area contributed by atoms with Gasteiger partial charge in [0.15, 0.2) is 5.16 Å². The van der Waals surface area contributed by atoms with Gasteiger partial charge in [0.2, 0.25) is 5.91 Å². The molecule has 1 amide bonds. The third-order valence-corrected chi connectivity index (χ3v) is 8.66. The second kappa shape index (κ2) is 8.00. The Morgan fingerprint density at radius 2 is 1.75 bits per heavy atom. The van der Waals surface area contributed by atoms with Gasteiger partial charge in [0.25, 0.3) is 0 Å².